The predicted octanol–water partition coefficient (Wildman–Crippen LogP) is 2.90. The van der Waals surface area contributed by atoms with E-state index in [0.717, 1.165) is 18.0 Å². The van der Waals surface area contributed by atoms with Crippen molar-refractivity contribution in [1.29, 1.82) is 0 Å². The lowest BCUT2D eigenvalue weighted by molar-refractivity contribution is 0.643. The highest BCUT2D eigenvalue weighted by Gasteiger charge is 2.01. The first-order valence-corrected chi connectivity index (χ1v) is 4.51. The molecule has 0 aliphatic heterocycles. The molecule has 0 bridgehead atoms. The molecule has 0 aliphatic rings. The van der Waals surface area contributed by atoms with E-state index < -0.39 is 0 Å². The largest absolute Gasteiger partial charge is 0.261 e. The molecule has 66 valence electrons. The number of pyridine rings is 1. The van der Waals surface area contributed by atoms with Crippen molar-refractivity contribution in [2.45, 2.75) is 34.1 Å². The first kappa shape index (κ1) is 9.24. The van der Waals surface area contributed by atoms with Crippen LogP contribution in [0.25, 0.3) is 0 Å². The summed E-state index contributed by atoms with van der Waals surface area (Å²) in [6.45, 7) is 8.66. The Morgan fingerprint density at radius 3 is 2.58 bits per heavy atom. The summed E-state index contributed by atoms with van der Waals surface area (Å²) >= 11 is 0. The highest BCUT2D eigenvalue weighted by Crippen LogP contribution is 2.12. The van der Waals surface area contributed by atoms with Crippen LogP contribution in [-0.4, -0.2) is 4.98 Å². The van der Waals surface area contributed by atoms with Crippen LogP contribution in [0.4, 0.5) is 0 Å². The van der Waals surface area contributed by atoms with Crippen molar-refractivity contribution < 1.29 is 0 Å². The number of aryl methyl sites for hydroxylation is 2. The zero-order valence-electron chi connectivity index (χ0n) is 8.39. The normalized spacial score (nSPS) is 10.8. The van der Waals surface area contributed by atoms with E-state index in [9.17, 15) is 0 Å². The van der Waals surface area contributed by atoms with E-state index in [1.807, 2.05) is 13.1 Å². The zero-order chi connectivity index (χ0) is 9.14. The molecular formula is C11H17N. The third-order valence-electron chi connectivity index (χ3n) is 1.98. The maximum atomic E-state index is 4.25. The Kier molecular flexibility index (Phi) is 2.85. The molecule has 1 rings (SSSR count). The fourth-order valence-corrected chi connectivity index (χ4v) is 1.34. The van der Waals surface area contributed by atoms with Gasteiger partial charge in [0, 0.05) is 11.9 Å². The van der Waals surface area contributed by atoms with Gasteiger partial charge in [0.05, 0.1) is 0 Å². The van der Waals surface area contributed by atoms with E-state index in [1.165, 1.54) is 11.1 Å². The average molecular weight is 163 g/mol. The van der Waals surface area contributed by atoms with Crippen LogP contribution in [0.2, 0.25) is 0 Å². The second-order valence-corrected chi connectivity index (χ2v) is 3.85. The third kappa shape index (κ3) is 2.33. The quantitative estimate of drug-likeness (QED) is 0.653. The molecule has 1 heterocycles. The summed E-state index contributed by atoms with van der Waals surface area (Å²) in [6.07, 6.45) is 3.13. The van der Waals surface area contributed by atoms with E-state index in [1.54, 1.807) is 0 Å². The average Bonchev–Trinajstić information content (AvgIpc) is 1.96. The molecule has 0 unspecified atom stereocenters. The Balaban J connectivity index is 2.90. The lowest BCUT2D eigenvalue weighted by Crippen LogP contribution is -1.98. The third-order valence-corrected chi connectivity index (χ3v) is 1.98. The van der Waals surface area contributed by atoms with Gasteiger partial charge in [-0.2, -0.15) is 0 Å². The van der Waals surface area contributed by atoms with Gasteiger partial charge in [0.2, 0.25) is 0 Å². The number of hydrogen-bond donors (Lipinski definition) is 0. The van der Waals surface area contributed by atoms with Gasteiger partial charge >= 0.3 is 0 Å². The van der Waals surface area contributed by atoms with E-state index in [-0.39, 0.29) is 0 Å². The molecule has 1 aromatic rings. The second kappa shape index (κ2) is 3.70. The Labute approximate surface area is 74.8 Å². The maximum Gasteiger partial charge on any atom is 0.0375 e. The molecule has 1 aromatic heterocycles. The molecule has 1 heteroatoms. The van der Waals surface area contributed by atoms with Crippen LogP contribution in [0, 0.1) is 19.8 Å². The molecular weight excluding hydrogens is 146 g/mol. The van der Waals surface area contributed by atoms with Crippen molar-refractivity contribution in [2.24, 2.45) is 5.92 Å². The summed E-state index contributed by atoms with van der Waals surface area (Å²) in [5, 5.41) is 0. The minimum Gasteiger partial charge on any atom is -0.261 e. The summed E-state index contributed by atoms with van der Waals surface area (Å²) in [5.74, 6) is 0.727. The standard InChI is InChI=1S/C11H17N/c1-8(2)5-11-6-10(4)12-7-9(11)3/h6-8H,5H2,1-4H3. The molecule has 0 radical (unpaired) electrons. The fourth-order valence-electron chi connectivity index (χ4n) is 1.34. The van der Waals surface area contributed by atoms with Crippen LogP contribution in [0.3, 0.4) is 0 Å². The second-order valence-electron chi connectivity index (χ2n) is 3.85. The summed E-state index contributed by atoms with van der Waals surface area (Å²) in [5.41, 5.74) is 3.88. The number of aromatic nitrogens is 1. The van der Waals surface area contributed by atoms with Gasteiger partial charge in [-0.25, -0.2) is 0 Å². The van der Waals surface area contributed by atoms with Crippen molar-refractivity contribution in [1.82, 2.24) is 4.98 Å². The van der Waals surface area contributed by atoms with E-state index >= 15 is 0 Å². The monoisotopic (exact) mass is 163 g/mol. The lowest BCUT2D eigenvalue weighted by atomic mass is 10.00. The van der Waals surface area contributed by atoms with Gasteiger partial charge in [0.15, 0.2) is 0 Å². The summed E-state index contributed by atoms with van der Waals surface area (Å²) in [4.78, 5) is 4.25. The van der Waals surface area contributed by atoms with E-state index in [2.05, 4.69) is 31.8 Å². The lowest BCUT2D eigenvalue weighted by Gasteiger charge is -2.08. The Hall–Kier alpha value is -0.850. The maximum absolute atomic E-state index is 4.25. The molecule has 0 saturated heterocycles. The van der Waals surface area contributed by atoms with Crippen LogP contribution >= 0.6 is 0 Å². The minimum atomic E-state index is 0.727. The Morgan fingerprint density at radius 2 is 2.00 bits per heavy atom. The molecule has 0 fully saturated rings. The SMILES string of the molecule is Cc1cc(CC(C)C)c(C)cn1. The van der Waals surface area contributed by atoms with Gasteiger partial charge in [-0.3, -0.25) is 4.98 Å². The van der Waals surface area contributed by atoms with E-state index in [4.69, 9.17) is 0 Å². The molecule has 0 aliphatic carbocycles. The molecule has 0 aromatic carbocycles. The number of nitrogens with zero attached hydrogens (tertiary/aromatic N) is 1. The van der Waals surface area contributed by atoms with Crippen LogP contribution in [-0.2, 0) is 6.42 Å². The summed E-state index contributed by atoms with van der Waals surface area (Å²) < 4.78 is 0. The minimum absolute atomic E-state index is 0.727. The number of hydrogen-bond acceptors (Lipinski definition) is 1. The first-order chi connectivity index (χ1) is 5.59. The van der Waals surface area contributed by atoms with Gasteiger partial charge in [0.25, 0.3) is 0 Å². The molecule has 0 atom stereocenters. The van der Waals surface area contributed by atoms with Crippen molar-refractivity contribution in [3.8, 4) is 0 Å². The van der Waals surface area contributed by atoms with Crippen LogP contribution in [0.15, 0.2) is 12.3 Å². The fraction of sp³-hybridized carbons (Fsp3) is 0.545. The smallest absolute Gasteiger partial charge is 0.0375 e. The first-order valence-electron chi connectivity index (χ1n) is 4.51. The molecule has 1 nitrogen and oxygen atoms in total. The van der Waals surface area contributed by atoms with Gasteiger partial charge < -0.3 is 0 Å². The summed E-state index contributed by atoms with van der Waals surface area (Å²) in [6, 6.07) is 2.19. The van der Waals surface area contributed by atoms with Crippen LogP contribution < -0.4 is 0 Å². The highest BCUT2D eigenvalue weighted by molar-refractivity contribution is 5.25. The Morgan fingerprint density at radius 1 is 1.33 bits per heavy atom. The Bertz CT molecular complexity index is 264. The van der Waals surface area contributed by atoms with Crippen molar-refractivity contribution in [3.63, 3.8) is 0 Å². The molecule has 0 saturated carbocycles. The van der Waals surface area contributed by atoms with Crippen molar-refractivity contribution in [3.05, 3.63) is 29.1 Å². The summed E-state index contributed by atoms with van der Waals surface area (Å²) in [7, 11) is 0. The van der Waals surface area contributed by atoms with E-state index in [0.29, 0.717) is 0 Å². The van der Waals surface area contributed by atoms with Crippen molar-refractivity contribution >= 4 is 0 Å². The molecule has 0 amide bonds. The predicted molar refractivity (Wildman–Crippen MR) is 52.3 cm³/mol. The van der Waals surface area contributed by atoms with Crippen molar-refractivity contribution in [2.75, 3.05) is 0 Å². The van der Waals surface area contributed by atoms with Gasteiger partial charge in [-0.15, -0.1) is 0 Å². The molecule has 0 N–H and O–H groups in total. The molecule has 0 spiro atoms. The van der Waals surface area contributed by atoms with Gasteiger partial charge in [-0.1, -0.05) is 13.8 Å². The van der Waals surface area contributed by atoms with Gasteiger partial charge in [-0.05, 0) is 43.4 Å². The van der Waals surface area contributed by atoms with Crippen LogP contribution in [0.5, 0.6) is 0 Å². The zero-order valence-corrected chi connectivity index (χ0v) is 8.39. The van der Waals surface area contributed by atoms with Gasteiger partial charge in [0.1, 0.15) is 0 Å². The van der Waals surface area contributed by atoms with Crippen LogP contribution in [0.1, 0.15) is 30.7 Å². The highest BCUT2D eigenvalue weighted by atomic mass is 14.7. The topological polar surface area (TPSA) is 12.9 Å². The molecule has 12 heavy (non-hydrogen) atoms. The number of rotatable bonds is 2.